The van der Waals surface area contributed by atoms with Gasteiger partial charge in [-0.1, -0.05) is 60.7 Å². The van der Waals surface area contributed by atoms with E-state index in [1.54, 1.807) is 28.9 Å². The van der Waals surface area contributed by atoms with Crippen LogP contribution in [0.25, 0.3) is 27.8 Å². The maximum atomic E-state index is 12.7. The van der Waals surface area contributed by atoms with Crippen LogP contribution in [0.3, 0.4) is 0 Å². The third kappa shape index (κ3) is 4.67. The molecule has 2 heterocycles. The molecule has 8 heteroatoms. The fourth-order valence-corrected chi connectivity index (χ4v) is 4.05. The summed E-state index contributed by atoms with van der Waals surface area (Å²) in [5.74, 6) is -0.210. The van der Waals surface area contributed by atoms with E-state index >= 15 is 0 Å². The van der Waals surface area contributed by atoms with Gasteiger partial charge in [-0.3, -0.25) is 19.1 Å². The van der Waals surface area contributed by atoms with Gasteiger partial charge >= 0.3 is 5.69 Å². The van der Waals surface area contributed by atoms with E-state index in [-0.39, 0.29) is 25.4 Å². The van der Waals surface area contributed by atoms with Crippen molar-refractivity contribution in [1.82, 2.24) is 24.6 Å². The van der Waals surface area contributed by atoms with Crippen LogP contribution in [0.1, 0.15) is 12.0 Å². The Morgan fingerprint density at radius 2 is 1.57 bits per heavy atom. The quantitative estimate of drug-likeness (QED) is 0.385. The number of rotatable bonds is 7. The summed E-state index contributed by atoms with van der Waals surface area (Å²) >= 11 is 0. The zero-order valence-corrected chi connectivity index (χ0v) is 18.8. The Bertz CT molecular complexity index is 1600. The third-order valence-electron chi connectivity index (χ3n) is 5.80. The van der Waals surface area contributed by atoms with E-state index in [1.165, 1.54) is 4.57 Å². The van der Waals surface area contributed by atoms with Crippen molar-refractivity contribution >= 4 is 16.8 Å². The topological polar surface area (TPSA) is 102 Å². The standard InChI is InChI=1S/C27H23N5O3/c33-24(15-16-31-23-14-8-7-13-22(23)26(34)29-27(31)35)28-17-20-18-32(21-11-5-2-6-12-21)30-25(20)19-9-3-1-4-10-19/h1-14,18H,15-17H2,(H,28,33)(H,29,34,35). The Morgan fingerprint density at radius 1 is 0.886 bits per heavy atom. The molecular weight excluding hydrogens is 442 g/mol. The molecule has 5 aromatic rings. The maximum absolute atomic E-state index is 12.7. The predicted molar refractivity (Wildman–Crippen MR) is 134 cm³/mol. The molecule has 35 heavy (non-hydrogen) atoms. The van der Waals surface area contributed by atoms with E-state index in [0.717, 1.165) is 22.5 Å². The zero-order chi connectivity index (χ0) is 24.2. The van der Waals surface area contributed by atoms with Crippen molar-refractivity contribution in [3.8, 4) is 16.9 Å². The van der Waals surface area contributed by atoms with Gasteiger partial charge in [-0.2, -0.15) is 5.10 Å². The summed E-state index contributed by atoms with van der Waals surface area (Å²) in [6, 6.07) is 26.4. The van der Waals surface area contributed by atoms with E-state index in [9.17, 15) is 14.4 Å². The first-order valence-corrected chi connectivity index (χ1v) is 11.3. The molecule has 3 aromatic carbocycles. The monoisotopic (exact) mass is 465 g/mol. The first kappa shape index (κ1) is 22.1. The molecule has 0 radical (unpaired) electrons. The second-order valence-corrected chi connectivity index (χ2v) is 8.10. The van der Waals surface area contributed by atoms with Gasteiger partial charge in [0, 0.05) is 36.8 Å². The van der Waals surface area contributed by atoms with Gasteiger partial charge in [0.25, 0.3) is 5.56 Å². The summed E-state index contributed by atoms with van der Waals surface area (Å²) in [6.45, 7) is 0.438. The lowest BCUT2D eigenvalue weighted by Gasteiger charge is -2.10. The fraction of sp³-hybridized carbons (Fsp3) is 0.111. The highest BCUT2D eigenvalue weighted by atomic mass is 16.2. The van der Waals surface area contributed by atoms with Crippen LogP contribution >= 0.6 is 0 Å². The number of aromatic nitrogens is 4. The highest BCUT2D eigenvalue weighted by Gasteiger charge is 2.14. The molecule has 0 aliphatic heterocycles. The predicted octanol–water partition coefficient (Wildman–Crippen LogP) is 3.25. The number of carbonyl (C=O) groups excluding carboxylic acids is 1. The van der Waals surface area contributed by atoms with E-state index in [4.69, 9.17) is 5.10 Å². The number of para-hydroxylation sites is 2. The summed E-state index contributed by atoms with van der Waals surface area (Å²) < 4.78 is 3.22. The van der Waals surface area contributed by atoms with Crippen LogP contribution in [0.2, 0.25) is 0 Å². The van der Waals surface area contributed by atoms with Gasteiger partial charge in [0.15, 0.2) is 0 Å². The molecule has 0 aliphatic carbocycles. The van der Waals surface area contributed by atoms with E-state index in [2.05, 4.69) is 10.3 Å². The molecule has 0 aliphatic rings. The molecule has 0 fully saturated rings. The van der Waals surface area contributed by atoms with Gasteiger partial charge in [0.1, 0.15) is 0 Å². The number of hydrogen-bond acceptors (Lipinski definition) is 4. The van der Waals surface area contributed by atoms with Crippen molar-refractivity contribution in [1.29, 1.82) is 0 Å². The number of aromatic amines is 1. The van der Waals surface area contributed by atoms with Crippen LogP contribution in [0.15, 0.2) is 101 Å². The lowest BCUT2D eigenvalue weighted by atomic mass is 10.1. The number of aryl methyl sites for hydroxylation is 1. The smallest absolute Gasteiger partial charge is 0.328 e. The summed E-state index contributed by atoms with van der Waals surface area (Å²) in [6.07, 6.45) is 2.00. The highest BCUT2D eigenvalue weighted by molar-refractivity contribution is 5.79. The first-order valence-electron chi connectivity index (χ1n) is 11.3. The summed E-state index contributed by atoms with van der Waals surface area (Å²) in [4.78, 5) is 39.4. The van der Waals surface area contributed by atoms with Crippen molar-refractivity contribution in [2.24, 2.45) is 0 Å². The second kappa shape index (κ2) is 9.64. The number of fused-ring (bicyclic) bond motifs is 1. The molecule has 8 nitrogen and oxygen atoms in total. The van der Waals surface area contributed by atoms with Gasteiger partial charge < -0.3 is 5.32 Å². The molecule has 0 saturated heterocycles. The number of H-pyrrole nitrogens is 1. The van der Waals surface area contributed by atoms with E-state index < -0.39 is 11.2 Å². The van der Waals surface area contributed by atoms with Crippen molar-refractivity contribution in [3.63, 3.8) is 0 Å². The third-order valence-corrected chi connectivity index (χ3v) is 5.80. The molecular formula is C27H23N5O3. The van der Waals surface area contributed by atoms with Crippen molar-refractivity contribution in [3.05, 3.63) is 118 Å². The normalized spacial score (nSPS) is 11.0. The largest absolute Gasteiger partial charge is 0.352 e. The number of hydrogen-bond donors (Lipinski definition) is 2. The van der Waals surface area contributed by atoms with Crippen LogP contribution in [0.4, 0.5) is 0 Å². The summed E-state index contributed by atoms with van der Waals surface area (Å²) in [5, 5.41) is 8.12. The minimum atomic E-state index is -0.531. The minimum absolute atomic E-state index is 0.0867. The Balaban J connectivity index is 1.34. The second-order valence-electron chi connectivity index (χ2n) is 8.10. The van der Waals surface area contributed by atoms with E-state index in [1.807, 2.05) is 66.9 Å². The van der Waals surface area contributed by atoms with Crippen LogP contribution in [-0.2, 0) is 17.9 Å². The number of nitrogens with one attached hydrogen (secondary N) is 2. The van der Waals surface area contributed by atoms with Crippen LogP contribution in [0, 0.1) is 0 Å². The Morgan fingerprint density at radius 3 is 2.34 bits per heavy atom. The van der Waals surface area contributed by atoms with Gasteiger partial charge in [-0.15, -0.1) is 0 Å². The van der Waals surface area contributed by atoms with Crippen LogP contribution in [-0.4, -0.2) is 25.2 Å². The summed E-state index contributed by atoms with van der Waals surface area (Å²) in [5.41, 5.74) is 3.08. The van der Waals surface area contributed by atoms with Gasteiger partial charge in [0.2, 0.25) is 5.91 Å². The molecule has 0 spiro atoms. The Hall–Kier alpha value is -4.72. The Labute approximate surface area is 200 Å². The summed E-state index contributed by atoms with van der Waals surface area (Å²) in [7, 11) is 0. The van der Waals surface area contributed by atoms with Gasteiger partial charge in [-0.25, -0.2) is 9.48 Å². The van der Waals surface area contributed by atoms with Crippen molar-refractivity contribution in [2.75, 3.05) is 0 Å². The molecule has 5 rings (SSSR count). The molecule has 1 amide bonds. The van der Waals surface area contributed by atoms with Crippen LogP contribution < -0.4 is 16.6 Å². The molecule has 174 valence electrons. The average Bonchev–Trinajstić information content (AvgIpc) is 3.33. The molecule has 0 saturated carbocycles. The SMILES string of the molecule is O=C(CCn1c(=O)[nH]c(=O)c2ccccc21)NCc1cn(-c2ccccc2)nc1-c1ccccc1. The zero-order valence-electron chi connectivity index (χ0n) is 18.8. The number of benzene rings is 3. The van der Waals surface area contributed by atoms with Crippen molar-refractivity contribution < 1.29 is 4.79 Å². The van der Waals surface area contributed by atoms with Crippen molar-refractivity contribution in [2.45, 2.75) is 19.5 Å². The van der Waals surface area contributed by atoms with Gasteiger partial charge in [-0.05, 0) is 24.3 Å². The molecule has 2 N–H and O–H groups in total. The lowest BCUT2D eigenvalue weighted by molar-refractivity contribution is -0.121. The molecule has 2 aromatic heterocycles. The molecule has 0 atom stereocenters. The van der Waals surface area contributed by atoms with E-state index in [0.29, 0.717) is 10.9 Å². The number of amides is 1. The minimum Gasteiger partial charge on any atom is -0.352 e. The number of nitrogens with zero attached hydrogens (tertiary/aromatic N) is 3. The molecule has 0 unspecified atom stereocenters. The number of carbonyl (C=O) groups is 1. The average molecular weight is 466 g/mol. The first-order chi connectivity index (χ1) is 17.1. The van der Waals surface area contributed by atoms with Crippen LogP contribution in [0.5, 0.6) is 0 Å². The van der Waals surface area contributed by atoms with Gasteiger partial charge in [0.05, 0.1) is 22.3 Å². The Kier molecular flexibility index (Phi) is 6.09. The molecule has 0 bridgehead atoms. The lowest BCUT2D eigenvalue weighted by Crippen LogP contribution is -2.32. The highest BCUT2D eigenvalue weighted by Crippen LogP contribution is 2.23. The fourth-order valence-electron chi connectivity index (χ4n) is 4.05. The maximum Gasteiger partial charge on any atom is 0.328 e.